The largest absolute Gasteiger partial charge is 0.393 e. The lowest BCUT2D eigenvalue weighted by Crippen LogP contribution is -2.05. The Bertz CT molecular complexity index is 498. The highest BCUT2D eigenvalue weighted by molar-refractivity contribution is 7.09. The standard InChI is InChI=1S/C9H10ClN5S/c1-5-6(16-4-15-5)2-12-9-7(11)8(10)13-3-14-9/h3-4H,2,11H2,1H3,(H,12,13,14). The summed E-state index contributed by atoms with van der Waals surface area (Å²) < 4.78 is 0. The Morgan fingerprint density at radius 2 is 2.25 bits per heavy atom. The molecule has 0 atom stereocenters. The van der Waals surface area contributed by atoms with Gasteiger partial charge in [-0.1, -0.05) is 11.6 Å². The van der Waals surface area contributed by atoms with Gasteiger partial charge in [-0.25, -0.2) is 15.0 Å². The van der Waals surface area contributed by atoms with Crippen molar-refractivity contribution in [3.8, 4) is 0 Å². The highest BCUT2D eigenvalue weighted by Crippen LogP contribution is 2.23. The fraction of sp³-hybridized carbons (Fsp3) is 0.222. The van der Waals surface area contributed by atoms with Gasteiger partial charge in [0.15, 0.2) is 11.0 Å². The molecule has 0 spiro atoms. The van der Waals surface area contributed by atoms with E-state index in [0.717, 1.165) is 10.6 Å². The molecule has 0 saturated heterocycles. The minimum Gasteiger partial charge on any atom is -0.393 e. The Morgan fingerprint density at radius 1 is 1.44 bits per heavy atom. The first-order chi connectivity index (χ1) is 7.68. The van der Waals surface area contributed by atoms with Gasteiger partial charge in [-0.05, 0) is 6.92 Å². The molecule has 0 fully saturated rings. The van der Waals surface area contributed by atoms with Gasteiger partial charge in [-0.3, -0.25) is 0 Å². The number of aromatic nitrogens is 3. The number of anilines is 2. The summed E-state index contributed by atoms with van der Waals surface area (Å²) in [6, 6.07) is 0. The monoisotopic (exact) mass is 255 g/mol. The average molecular weight is 256 g/mol. The van der Waals surface area contributed by atoms with Crippen LogP contribution in [0.25, 0.3) is 0 Å². The number of hydrogen-bond donors (Lipinski definition) is 2. The maximum atomic E-state index is 5.78. The third-order valence-corrected chi connectivity index (χ3v) is 3.33. The number of nitrogens with one attached hydrogen (secondary N) is 1. The van der Waals surface area contributed by atoms with E-state index < -0.39 is 0 Å². The molecule has 0 aliphatic rings. The second-order valence-corrected chi connectivity index (χ2v) is 4.44. The van der Waals surface area contributed by atoms with E-state index in [2.05, 4.69) is 20.3 Å². The Labute approximate surface area is 102 Å². The quantitative estimate of drug-likeness (QED) is 0.822. The lowest BCUT2D eigenvalue weighted by Gasteiger charge is -2.07. The number of thiazole rings is 1. The number of nitrogens with zero attached hydrogens (tertiary/aromatic N) is 3. The van der Waals surface area contributed by atoms with E-state index in [-0.39, 0.29) is 5.15 Å². The van der Waals surface area contributed by atoms with Crippen LogP contribution < -0.4 is 11.1 Å². The zero-order valence-corrected chi connectivity index (χ0v) is 10.1. The van der Waals surface area contributed by atoms with E-state index in [1.807, 2.05) is 12.4 Å². The van der Waals surface area contributed by atoms with Crippen molar-refractivity contribution in [2.45, 2.75) is 13.5 Å². The van der Waals surface area contributed by atoms with Crippen LogP contribution in [0.3, 0.4) is 0 Å². The first kappa shape index (κ1) is 11.1. The molecule has 84 valence electrons. The topological polar surface area (TPSA) is 76.7 Å². The van der Waals surface area contributed by atoms with E-state index in [1.165, 1.54) is 6.33 Å². The zero-order valence-electron chi connectivity index (χ0n) is 8.57. The number of rotatable bonds is 3. The molecule has 2 aromatic rings. The molecule has 0 unspecified atom stereocenters. The molecule has 0 bridgehead atoms. The van der Waals surface area contributed by atoms with Crippen molar-refractivity contribution in [3.63, 3.8) is 0 Å². The van der Waals surface area contributed by atoms with Crippen LogP contribution in [0, 0.1) is 6.92 Å². The summed E-state index contributed by atoms with van der Waals surface area (Å²) in [7, 11) is 0. The van der Waals surface area contributed by atoms with Gasteiger partial charge < -0.3 is 11.1 Å². The summed E-state index contributed by atoms with van der Waals surface area (Å²) in [6.45, 7) is 2.60. The van der Waals surface area contributed by atoms with E-state index in [9.17, 15) is 0 Å². The van der Waals surface area contributed by atoms with Gasteiger partial charge in [0.2, 0.25) is 0 Å². The number of halogens is 1. The molecule has 0 saturated carbocycles. The van der Waals surface area contributed by atoms with Crippen LogP contribution in [0.4, 0.5) is 11.5 Å². The molecule has 5 nitrogen and oxygen atoms in total. The molecule has 0 radical (unpaired) electrons. The van der Waals surface area contributed by atoms with Crippen molar-refractivity contribution in [1.29, 1.82) is 0 Å². The van der Waals surface area contributed by atoms with Crippen LogP contribution in [-0.2, 0) is 6.54 Å². The molecule has 0 aliphatic carbocycles. The maximum Gasteiger partial charge on any atom is 0.157 e. The van der Waals surface area contributed by atoms with E-state index in [4.69, 9.17) is 17.3 Å². The Balaban J connectivity index is 2.11. The predicted molar refractivity (Wildman–Crippen MR) is 65.6 cm³/mol. The van der Waals surface area contributed by atoms with Gasteiger partial charge in [0.25, 0.3) is 0 Å². The lowest BCUT2D eigenvalue weighted by atomic mass is 10.4. The minimum absolute atomic E-state index is 0.263. The molecule has 2 rings (SSSR count). The number of hydrogen-bond acceptors (Lipinski definition) is 6. The molecule has 3 N–H and O–H groups in total. The van der Waals surface area contributed by atoms with Gasteiger partial charge in [0, 0.05) is 4.88 Å². The summed E-state index contributed by atoms with van der Waals surface area (Å²) >= 11 is 7.37. The summed E-state index contributed by atoms with van der Waals surface area (Å²) in [5, 5.41) is 3.37. The molecule has 16 heavy (non-hydrogen) atoms. The molecule has 0 amide bonds. The van der Waals surface area contributed by atoms with Crippen molar-refractivity contribution >= 4 is 34.4 Å². The molecular weight excluding hydrogens is 246 g/mol. The maximum absolute atomic E-state index is 5.78. The summed E-state index contributed by atoms with van der Waals surface area (Å²) in [5.41, 5.74) is 8.91. The number of nitrogen functional groups attached to an aromatic ring is 1. The van der Waals surface area contributed by atoms with Crippen molar-refractivity contribution in [3.05, 3.63) is 27.6 Å². The fourth-order valence-corrected chi connectivity index (χ4v) is 2.02. The Kier molecular flexibility index (Phi) is 3.21. The Morgan fingerprint density at radius 3 is 2.94 bits per heavy atom. The van der Waals surface area contributed by atoms with Crippen LogP contribution in [-0.4, -0.2) is 15.0 Å². The summed E-state index contributed by atoms with van der Waals surface area (Å²) in [6.07, 6.45) is 1.38. The second kappa shape index (κ2) is 4.63. The molecule has 2 aromatic heterocycles. The van der Waals surface area contributed by atoms with Crippen LogP contribution in [0.2, 0.25) is 5.15 Å². The highest BCUT2D eigenvalue weighted by atomic mass is 35.5. The smallest absolute Gasteiger partial charge is 0.157 e. The molecule has 2 heterocycles. The van der Waals surface area contributed by atoms with Crippen molar-refractivity contribution < 1.29 is 0 Å². The van der Waals surface area contributed by atoms with Crippen molar-refractivity contribution in [1.82, 2.24) is 15.0 Å². The lowest BCUT2D eigenvalue weighted by molar-refractivity contribution is 1.08. The van der Waals surface area contributed by atoms with Crippen LogP contribution in [0.5, 0.6) is 0 Å². The summed E-state index contributed by atoms with van der Waals surface area (Å²) in [4.78, 5) is 13.1. The van der Waals surface area contributed by atoms with Gasteiger partial charge in [0.1, 0.15) is 12.0 Å². The molecular formula is C9H10ClN5S. The van der Waals surface area contributed by atoms with E-state index in [1.54, 1.807) is 11.3 Å². The second-order valence-electron chi connectivity index (χ2n) is 3.14. The van der Waals surface area contributed by atoms with Gasteiger partial charge >= 0.3 is 0 Å². The van der Waals surface area contributed by atoms with Crippen LogP contribution in [0.1, 0.15) is 10.6 Å². The predicted octanol–water partition coefficient (Wildman–Crippen LogP) is 2.09. The van der Waals surface area contributed by atoms with Crippen molar-refractivity contribution in [2.24, 2.45) is 0 Å². The molecule has 0 aromatic carbocycles. The number of aryl methyl sites for hydroxylation is 1. The van der Waals surface area contributed by atoms with Crippen molar-refractivity contribution in [2.75, 3.05) is 11.1 Å². The van der Waals surface area contributed by atoms with Crippen LogP contribution in [0.15, 0.2) is 11.8 Å². The van der Waals surface area contributed by atoms with Crippen LogP contribution >= 0.6 is 22.9 Å². The SMILES string of the molecule is Cc1ncsc1CNc1ncnc(Cl)c1N. The third-order valence-electron chi connectivity index (χ3n) is 2.10. The van der Waals surface area contributed by atoms with Gasteiger partial charge in [-0.2, -0.15) is 0 Å². The zero-order chi connectivity index (χ0) is 11.5. The normalized spacial score (nSPS) is 10.4. The first-order valence-electron chi connectivity index (χ1n) is 4.57. The average Bonchev–Trinajstić information content (AvgIpc) is 2.67. The molecule has 7 heteroatoms. The third kappa shape index (κ3) is 2.23. The summed E-state index contributed by atoms with van der Waals surface area (Å²) in [5.74, 6) is 0.549. The highest BCUT2D eigenvalue weighted by Gasteiger charge is 2.07. The van der Waals surface area contributed by atoms with Gasteiger partial charge in [-0.15, -0.1) is 11.3 Å². The van der Waals surface area contributed by atoms with E-state index in [0.29, 0.717) is 18.1 Å². The molecule has 0 aliphatic heterocycles. The minimum atomic E-state index is 0.263. The van der Waals surface area contributed by atoms with Gasteiger partial charge in [0.05, 0.1) is 17.7 Å². The number of nitrogens with two attached hydrogens (primary N) is 1. The fourth-order valence-electron chi connectivity index (χ4n) is 1.17. The first-order valence-corrected chi connectivity index (χ1v) is 5.83. The van der Waals surface area contributed by atoms with E-state index >= 15 is 0 Å². The Hall–Kier alpha value is -1.40.